The molecule has 4 rings (SSSR count). The minimum absolute atomic E-state index is 0.0562. The molecule has 29 heavy (non-hydrogen) atoms. The predicted octanol–water partition coefficient (Wildman–Crippen LogP) is 4.28. The zero-order chi connectivity index (χ0) is 20.6. The van der Waals surface area contributed by atoms with Crippen molar-refractivity contribution in [1.29, 1.82) is 0 Å². The van der Waals surface area contributed by atoms with Crippen LogP contribution < -0.4 is 5.43 Å². The van der Waals surface area contributed by atoms with E-state index in [2.05, 4.69) is 15.2 Å². The van der Waals surface area contributed by atoms with Crippen LogP contribution in [-0.2, 0) is 6.18 Å². The summed E-state index contributed by atoms with van der Waals surface area (Å²) < 4.78 is 44.7. The zero-order valence-electron chi connectivity index (χ0n) is 15.0. The second-order valence-corrected chi connectivity index (χ2v) is 6.31. The number of halogens is 3. The number of hydrogen-bond donors (Lipinski definition) is 0. The summed E-state index contributed by atoms with van der Waals surface area (Å²) in [6, 6.07) is 13.2. The van der Waals surface area contributed by atoms with Gasteiger partial charge in [-0.15, -0.1) is 0 Å². The van der Waals surface area contributed by atoms with Gasteiger partial charge in [-0.05, 0) is 31.2 Å². The normalized spacial score (nSPS) is 11.6. The molecule has 146 valence electrons. The quantitative estimate of drug-likeness (QED) is 0.515. The Morgan fingerprint density at radius 1 is 0.966 bits per heavy atom. The van der Waals surface area contributed by atoms with Gasteiger partial charge in [-0.1, -0.05) is 35.0 Å². The van der Waals surface area contributed by atoms with E-state index in [-0.39, 0.29) is 17.4 Å². The third-order valence-electron chi connectivity index (χ3n) is 4.21. The molecule has 0 atom stereocenters. The first-order valence-corrected chi connectivity index (χ1v) is 8.50. The Hall–Kier alpha value is -3.75. The van der Waals surface area contributed by atoms with Gasteiger partial charge in [-0.2, -0.15) is 23.3 Å². The number of hydrogen-bond acceptors (Lipinski definition) is 5. The Kier molecular flexibility index (Phi) is 4.50. The van der Waals surface area contributed by atoms with Gasteiger partial charge in [0.1, 0.15) is 0 Å². The van der Waals surface area contributed by atoms with Gasteiger partial charge in [-0.25, -0.2) is 4.68 Å². The molecule has 0 N–H and O–H groups in total. The van der Waals surface area contributed by atoms with Gasteiger partial charge in [0, 0.05) is 17.8 Å². The van der Waals surface area contributed by atoms with E-state index in [0.29, 0.717) is 5.56 Å². The predicted molar refractivity (Wildman–Crippen MR) is 98.3 cm³/mol. The molecule has 2 heterocycles. The lowest BCUT2D eigenvalue weighted by atomic mass is 10.1. The maximum Gasteiger partial charge on any atom is 0.416 e. The van der Waals surface area contributed by atoms with E-state index < -0.39 is 17.2 Å². The largest absolute Gasteiger partial charge is 0.416 e. The number of benzene rings is 2. The third kappa shape index (κ3) is 3.79. The molecule has 0 amide bonds. The lowest BCUT2D eigenvalue weighted by Gasteiger charge is -2.06. The SMILES string of the molecule is Cc1ccc(-n2ccc(=O)c(-c3nc(-c4ccc(C(F)(F)F)cc4)no3)n2)cc1. The summed E-state index contributed by atoms with van der Waals surface area (Å²) in [6.45, 7) is 1.95. The zero-order valence-corrected chi connectivity index (χ0v) is 15.0. The average Bonchev–Trinajstić information content (AvgIpc) is 3.18. The van der Waals surface area contributed by atoms with Crippen LogP contribution in [0.1, 0.15) is 11.1 Å². The fourth-order valence-electron chi connectivity index (χ4n) is 2.64. The highest BCUT2D eigenvalue weighted by Gasteiger charge is 2.30. The first-order chi connectivity index (χ1) is 13.8. The minimum Gasteiger partial charge on any atom is -0.332 e. The van der Waals surface area contributed by atoms with Crippen LogP contribution in [0.15, 0.2) is 70.1 Å². The van der Waals surface area contributed by atoms with E-state index in [1.165, 1.54) is 29.1 Å². The summed E-state index contributed by atoms with van der Waals surface area (Å²) in [4.78, 5) is 16.3. The number of aryl methyl sites for hydroxylation is 1. The van der Waals surface area contributed by atoms with Crippen molar-refractivity contribution in [2.24, 2.45) is 0 Å². The molecule has 0 spiro atoms. The highest BCUT2D eigenvalue weighted by atomic mass is 19.4. The van der Waals surface area contributed by atoms with Crippen molar-refractivity contribution in [2.75, 3.05) is 0 Å². The van der Waals surface area contributed by atoms with Crippen molar-refractivity contribution in [3.05, 3.63) is 82.1 Å². The van der Waals surface area contributed by atoms with Gasteiger partial charge in [-0.3, -0.25) is 4.79 Å². The van der Waals surface area contributed by atoms with E-state index in [4.69, 9.17) is 4.52 Å². The molecule has 6 nitrogen and oxygen atoms in total. The van der Waals surface area contributed by atoms with Crippen LogP contribution in [0.5, 0.6) is 0 Å². The fourth-order valence-corrected chi connectivity index (χ4v) is 2.64. The average molecular weight is 398 g/mol. The van der Waals surface area contributed by atoms with Crippen molar-refractivity contribution in [3.63, 3.8) is 0 Å². The van der Waals surface area contributed by atoms with Crippen molar-refractivity contribution in [1.82, 2.24) is 19.9 Å². The van der Waals surface area contributed by atoms with Crippen molar-refractivity contribution in [2.45, 2.75) is 13.1 Å². The number of aromatic nitrogens is 4. The van der Waals surface area contributed by atoms with Gasteiger partial charge in [0.05, 0.1) is 11.3 Å². The molecule has 0 saturated heterocycles. The molecule has 0 fully saturated rings. The highest BCUT2D eigenvalue weighted by molar-refractivity contribution is 5.58. The molecule has 4 aromatic rings. The minimum atomic E-state index is -4.43. The van der Waals surface area contributed by atoms with Crippen LogP contribution in [0.25, 0.3) is 28.7 Å². The second kappa shape index (κ2) is 7.01. The summed E-state index contributed by atoms with van der Waals surface area (Å²) in [5.41, 5.74) is 0.876. The topological polar surface area (TPSA) is 73.8 Å². The Balaban J connectivity index is 1.68. The van der Waals surface area contributed by atoms with Crippen LogP contribution >= 0.6 is 0 Å². The summed E-state index contributed by atoms with van der Waals surface area (Å²) in [5, 5.41) is 8.01. The molecule has 0 aliphatic carbocycles. The lowest BCUT2D eigenvalue weighted by Crippen LogP contribution is -2.12. The Labute approximate surface area is 162 Å². The molecule has 0 aliphatic rings. The Morgan fingerprint density at radius 3 is 2.31 bits per heavy atom. The van der Waals surface area contributed by atoms with E-state index in [0.717, 1.165) is 23.4 Å². The van der Waals surface area contributed by atoms with Gasteiger partial charge >= 0.3 is 6.18 Å². The molecular formula is C20H13F3N4O2. The van der Waals surface area contributed by atoms with E-state index in [9.17, 15) is 18.0 Å². The lowest BCUT2D eigenvalue weighted by molar-refractivity contribution is -0.137. The van der Waals surface area contributed by atoms with Crippen LogP contribution in [0.3, 0.4) is 0 Å². The Bertz CT molecular complexity index is 1210. The van der Waals surface area contributed by atoms with E-state index in [1.54, 1.807) is 0 Å². The molecule has 0 saturated carbocycles. The summed E-state index contributed by atoms with van der Waals surface area (Å²) in [5.74, 6) is -0.0629. The molecule has 9 heteroatoms. The number of alkyl halides is 3. The maximum absolute atomic E-state index is 12.7. The molecule has 0 bridgehead atoms. The van der Waals surface area contributed by atoms with Crippen molar-refractivity contribution in [3.8, 4) is 28.7 Å². The van der Waals surface area contributed by atoms with Gasteiger partial charge in [0.2, 0.25) is 11.3 Å². The second-order valence-electron chi connectivity index (χ2n) is 6.31. The van der Waals surface area contributed by atoms with Crippen LogP contribution in [-0.4, -0.2) is 19.9 Å². The van der Waals surface area contributed by atoms with Crippen molar-refractivity contribution < 1.29 is 17.7 Å². The maximum atomic E-state index is 12.7. The molecule has 0 aliphatic heterocycles. The number of nitrogens with zero attached hydrogens (tertiary/aromatic N) is 4. The monoisotopic (exact) mass is 398 g/mol. The Morgan fingerprint density at radius 2 is 1.66 bits per heavy atom. The summed E-state index contributed by atoms with van der Waals surface area (Å²) in [6.07, 6.45) is -2.92. The first kappa shape index (κ1) is 18.6. The first-order valence-electron chi connectivity index (χ1n) is 8.50. The number of rotatable bonds is 3. The summed E-state index contributed by atoms with van der Waals surface area (Å²) >= 11 is 0. The molecule has 2 aromatic carbocycles. The summed E-state index contributed by atoms with van der Waals surface area (Å²) in [7, 11) is 0. The van der Waals surface area contributed by atoms with Crippen LogP contribution in [0.2, 0.25) is 0 Å². The molecule has 0 unspecified atom stereocenters. The van der Waals surface area contributed by atoms with E-state index >= 15 is 0 Å². The van der Waals surface area contributed by atoms with Crippen LogP contribution in [0.4, 0.5) is 13.2 Å². The van der Waals surface area contributed by atoms with Gasteiger partial charge in [0.25, 0.3) is 5.89 Å². The van der Waals surface area contributed by atoms with Crippen molar-refractivity contribution >= 4 is 0 Å². The van der Waals surface area contributed by atoms with Gasteiger partial charge in [0.15, 0.2) is 5.69 Å². The van der Waals surface area contributed by atoms with E-state index in [1.807, 2.05) is 31.2 Å². The molecule has 0 radical (unpaired) electrons. The van der Waals surface area contributed by atoms with Crippen LogP contribution in [0, 0.1) is 6.92 Å². The van der Waals surface area contributed by atoms with Gasteiger partial charge < -0.3 is 4.52 Å². The fraction of sp³-hybridized carbons (Fsp3) is 0.100. The molecule has 2 aromatic heterocycles. The highest BCUT2D eigenvalue weighted by Crippen LogP contribution is 2.30. The smallest absolute Gasteiger partial charge is 0.332 e. The molecular weight excluding hydrogens is 385 g/mol. The standard InChI is InChI=1S/C20H13F3N4O2/c1-12-2-8-15(9-3-12)27-11-10-16(28)17(25-27)19-24-18(26-29-19)13-4-6-14(7-5-13)20(21,22)23/h2-11H,1H3. The third-order valence-corrected chi connectivity index (χ3v) is 4.21.